The summed E-state index contributed by atoms with van der Waals surface area (Å²) in [4.78, 5) is 24.8. The Labute approximate surface area is 122 Å². The summed E-state index contributed by atoms with van der Waals surface area (Å²) in [5, 5.41) is 9.03. The molecule has 21 heavy (non-hydrogen) atoms. The van der Waals surface area contributed by atoms with Crippen LogP contribution in [0.3, 0.4) is 0 Å². The largest absolute Gasteiger partial charge is 0.481 e. The molecule has 0 radical (unpaired) electrons. The van der Waals surface area contributed by atoms with E-state index in [1.807, 2.05) is 0 Å². The first-order valence-electron chi connectivity index (χ1n) is 6.91. The minimum Gasteiger partial charge on any atom is -0.481 e. The van der Waals surface area contributed by atoms with Gasteiger partial charge in [0.05, 0.1) is 5.92 Å². The van der Waals surface area contributed by atoms with Gasteiger partial charge in [-0.15, -0.1) is 0 Å². The molecule has 0 saturated carbocycles. The lowest BCUT2D eigenvalue weighted by Gasteiger charge is -2.32. The summed E-state index contributed by atoms with van der Waals surface area (Å²) in [7, 11) is 0. The molecular formula is C15H18FNO4. The van der Waals surface area contributed by atoms with Crippen molar-refractivity contribution in [1.29, 1.82) is 0 Å². The van der Waals surface area contributed by atoms with E-state index in [2.05, 4.69) is 0 Å². The summed E-state index contributed by atoms with van der Waals surface area (Å²) in [5.41, 5.74) is 0. The van der Waals surface area contributed by atoms with Crippen LogP contribution in [0.15, 0.2) is 24.3 Å². The topological polar surface area (TPSA) is 66.8 Å². The Morgan fingerprint density at radius 3 is 2.90 bits per heavy atom. The number of likely N-dealkylation sites (tertiary alicyclic amines) is 1. The van der Waals surface area contributed by atoms with Crippen LogP contribution in [0.1, 0.15) is 19.8 Å². The summed E-state index contributed by atoms with van der Waals surface area (Å²) < 4.78 is 18.5. The van der Waals surface area contributed by atoms with E-state index in [0.29, 0.717) is 19.4 Å². The molecule has 2 atom stereocenters. The fraction of sp³-hybridized carbons (Fsp3) is 0.467. The summed E-state index contributed by atoms with van der Waals surface area (Å²) in [6.45, 7) is 2.31. The number of hydrogen-bond donors (Lipinski definition) is 1. The first-order valence-corrected chi connectivity index (χ1v) is 6.91. The molecule has 1 N–H and O–H groups in total. The lowest BCUT2D eigenvalue weighted by molar-refractivity contribution is -0.147. The van der Waals surface area contributed by atoms with E-state index < -0.39 is 23.8 Å². The number of ether oxygens (including phenoxy) is 1. The van der Waals surface area contributed by atoms with Gasteiger partial charge in [-0.1, -0.05) is 6.07 Å². The average Bonchev–Trinajstić information content (AvgIpc) is 2.46. The Morgan fingerprint density at radius 1 is 1.48 bits per heavy atom. The van der Waals surface area contributed by atoms with Crippen LogP contribution in [-0.2, 0) is 9.59 Å². The van der Waals surface area contributed by atoms with Crippen LogP contribution < -0.4 is 4.74 Å². The van der Waals surface area contributed by atoms with Gasteiger partial charge in [0.1, 0.15) is 11.6 Å². The molecule has 1 aromatic rings. The monoisotopic (exact) mass is 295 g/mol. The third kappa shape index (κ3) is 3.93. The standard InChI is InChI=1S/C15H18FNO4/c1-10(21-13-6-2-5-12(16)8-13)14(18)17-7-3-4-11(9-17)15(19)20/h2,5-6,8,10-11H,3-4,7,9H2,1H3,(H,19,20)/t10-,11-/m0/s1. The van der Waals surface area contributed by atoms with Crippen molar-refractivity contribution in [3.8, 4) is 5.75 Å². The van der Waals surface area contributed by atoms with Crippen LogP contribution in [-0.4, -0.2) is 41.1 Å². The van der Waals surface area contributed by atoms with Crippen LogP contribution in [0.4, 0.5) is 4.39 Å². The first-order chi connectivity index (χ1) is 9.97. The maximum absolute atomic E-state index is 13.1. The molecule has 1 heterocycles. The fourth-order valence-corrected chi connectivity index (χ4v) is 2.43. The van der Waals surface area contributed by atoms with Crippen molar-refractivity contribution in [2.24, 2.45) is 5.92 Å². The Morgan fingerprint density at radius 2 is 2.24 bits per heavy atom. The molecule has 0 unspecified atom stereocenters. The highest BCUT2D eigenvalue weighted by atomic mass is 19.1. The number of carboxylic acids is 1. The number of amides is 1. The molecule has 1 fully saturated rings. The van der Waals surface area contributed by atoms with E-state index in [9.17, 15) is 14.0 Å². The number of hydrogen-bond acceptors (Lipinski definition) is 3. The van der Waals surface area contributed by atoms with Gasteiger partial charge in [0.25, 0.3) is 5.91 Å². The third-order valence-electron chi connectivity index (χ3n) is 3.54. The molecule has 0 bridgehead atoms. The van der Waals surface area contributed by atoms with Gasteiger partial charge in [-0.05, 0) is 31.9 Å². The van der Waals surface area contributed by atoms with Gasteiger partial charge in [-0.2, -0.15) is 0 Å². The molecule has 0 spiro atoms. The molecule has 0 aromatic heterocycles. The molecule has 114 valence electrons. The Hall–Kier alpha value is -2.11. The Kier molecular flexibility index (Phi) is 4.77. The van der Waals surface area contributed by atoms with Crippen molar-refractivity contribution in [3.05, 3.63) is 30.1 Å². The fourth-order valence-electron chi connectivity index (χ4n) is 2.43. The van der Waals surface area contributed by atoms with Crippen molar-refractivity contribution in [3.63, 3.8) is 0 Å². The van der Waals surface area contributed by atoms with Crippen LogP contribution in [0, 0.1) is 11.7 Å². The number of aliphatic carboxylic acids is 1. The van der Waals surface area contributed by atoms with Crippen molar-refractivity contribution in [1.82, 2.24) is 4.90 Å². The van der Waals surface area contributed by atoms with Gasteiger partial charge in [-0.25, -0.2) is 4.39 Å². The van der Waals surface area contributed by atoms with Gasteiger partial charge in [0.2, 0.25) is 0 Å². The second kappa shape index (κ2) is 6.56. The second-order valence-electron chi connectivity index (χ2n) is 5.18. The number of nitrogens with zero attached hydrogens (tertiary/aromatic N) is 1. The zero-order valence-corrected chi connectivity index (χ0v) is 11.8. The van der Waals surface area contributed by atoms with Crippen molar-refractivity contribution >= 4 is 11.9 Å². The van der Waals surface area contributed by atoms with Gasteiger partial charge in [0.15, 0.2) is 6.10 Å². The summed E-state index contributed by atoms with van der Waals surface area (Å²) in [6.07, 6.45) is 0.465. The van der Waals surface area contributed by atoms with Crippen LogP contribution in [0.25, 0.3) is 0 Å². The molecule has 1 saturated heterocycles. The number of piperidine rings is 1. The molecule has 2 rings (SSSR count). The second-order valence-corrected chi connectivity index (χ2v) is 5.18. The van der Waals surface area contributed by atoms with E-state index in [1.165, 1.54) is 23.1 Å². The number of halogens is 1. The van der Waals surface area contributed by atoms with Gasteiger partial charge < -0.3 is 14.7 Å². The van der Waals surface area contributed by atoms with E-state index >= 15 is 0 Å². The van der Waals surface area contributed by atoms with Gasteiger partial charge >= 0.3 is 5.97 Å². The summed E-state index contributed by atoms with van der Waals surface area (Å²) in [5.74, 6) is -1.83. The predicted molar refractivity (Wildman–Crippen MR) is 73.4 cm³/mol. The van der Waals surface area contributed by atoms with Crippen molar-refractivity contribution in [2.75, 3.05) is 13.1 Å². The lowest BCUT2D eigenvalue weighted by atomic mass is 9.98. The predicted octanol–water partition coefficient (Wildman–Crippen LogP) is 1.92. The highest BCUT2D eigenvalue weighted by Crippen LogP contribution is 2.19. The highest BCUT2D eigenvalue weighted by Gasteiger charge is 2.30. The van der Waals surface area contributed by atoms with E-state index in [1.54, 1.807) is 13.0 Å². The number of benzene rings is 1. The molecule has 1 aliphatic heterocycles. The van der Waals surface area contributed by atoms with E-state index in [4.69, 9.17) is 9.84 Å². The number of rotatable bonds is 4. The lowest BCUT2D eigenvalue weighted by Crippen LogP contribution is -2.47. The van der Waals surface area contributed by atoms with Gasteiger partial charge in [0, 0.05) is 19.2 Å². The highest BCUT2D eigenvalue weighted by molar-refractivity contribution is 5.82. The number of carboxylic acid groups (broad SMARTS) is 1. The maximum Gasteiger partial charge on any atom is 0.308 e. The summed E-state index contributed by atoms with van der Waals surface area (Å²) in [6, 6.07) is 5.58. The number of carbonyl (C=O) groups is 2. The Bertz CT molecular complexity index is 534. The minimum absolute atomic E-state index is 0.199. The van der Waals surface area contributed by atoms with Gasteiger partial charge in [-0.3, -0.25) is 9.59 Å². The first kappa shape index (κ1) is 15.3. The summed E-state index contributed by atoms with van der Waals surface area (Å²) >= 11 is 0. The number of carbonyl (C=O) groups excluding carboxylic acids is 1. The molecule has 6 heteroatoms. The zero-order chi connectivity index (χ0) is 15.4. The minimum atomic E-state index is -0.883. The van der Waals surface area contributed by atoms with Crippen LogP contribution >= 0.6 is 0 Å². The molecular weight excluding hydrogens is 277 g/mol. The average molecular weight is 295 g/mol. The molecule has 5 nitrogen and oxygen atoms in total. The third-order valence-corrected chi connectivity index (χ3v) is 3.54. The maximum atomic E-state index is 13.1. The van der Waals surface area contributed by atoms with Crippen molar-refractivity contribution < 1.29 is 23.8 Å². The molecule has 1 aliphatic rings. The smallest absolute Gasteiger partial charge is 0.308 e. The van der Waals surface area contributed by atoms with Crippen LogP contribution in [0.5, 0.6) is 5.75 Å². The molecule has 1 aromatic carbocycles. The SMILES string of the molecule is C[C@H](Oc1cccc(F)c1)C(=O)N1CCC[C@H](C(=O)O)C1. The van der Waals surface area contributed by atoms with E-state index in [-0.39, 0.29) is 18.2 Å². The van der Waals surface area contributed by atoms with Crippen molar-refractivity contribution in [2.45, 2.75) is 25.9 Å². The molecule has 1 amide bonds. The zero-order valence-electron chi connectivity index (χ0n) is 11.8. The molecule has 0 aliphatic carbocycles. The van der Waals surface area contributed by atoms with E-state index in [0.717, 1.165) is 0 Å². The quantitative estimate of drug-likeness (QED) is 0.921. The Balaban J connectivity index is 1.97. The van der Waals surface area contributed by atoms with Crippen LogP contribution in [0.2, 0.25) is 0 Å². The normalized spacial score (nSPS) is 19.9.